The van der Waals surface area contributed by atoms with E-state index in [9.17, 15) is 22.4 Å². The highest BCUT2D eigenvalue weighted by molar-refractivity contribution is 5.88. The van der Waals surface area contributed by atoms with Crippen molar-refractivity contribution in [2.24, 2.45) is 0 Å². The highest BCUT2D eigenvalue weighted by Crippen LogP contribution is 2.30. The molecule has 1 aliphatic rings. The number of anilines is 2. The third-order valence-electron chi connectivity index (χ3n) is 4.80. The molecule has 0 radical (unpaired) electrons. The Morgan fingerprint density at radius 3 is 2.66 bits per heavy atom. The van der Waals surface area contributed by atoms with Gasteiger partial charge in [-0.2, -0.15) is 18.2 Å². The van der Waals surface area contributed by atoms with Crippen LogP contribution in [-0.2, 0) is 10.9 Å². The molecule has 0 aliphatic carbocycles. The smallest absolute Gasteiger partial charge is 0.417 e. The number of cyclic esters (lactones) is 1. The summed E-state index contributed by atoms with van der Waals surface area (Å²) in [5.41, 5.74) is 0.337. The molecule has 1 N–H and O–H groups in total. The Bertz CT molecular complexity index is 1100. The van der Waals surface area contributed by atoms with Crippen molar-refractivity contribution in [1.29, 1.82) is 0 Å². The second-order valence-electron chi connectivity index (χ2n) is 6.98. The van der Waals surface area contributed by atoms with E-state index in [0.717, 1.165) is 17.0 Å². The first-order chi connectivity index (χ1) is 15.3. The molecule has 4 rings (SSSR count). The van der Waals surface area contributed by atoms with Crippen LogP contribution in [0.5, 0.6) is 0 Å². The summed E-state index contributed by atoms with van der Waals surface area (Å²) < 4.78 is 57.8. The molecule has 1 saturated heterocycles. The summed E-state index contributed by atoms with van der Waals surface area (Å²) in [6.45, 7) is 0.872. The lowest BCUT2D eigenvalue weighted by molar-refractivity contribution is -0.137. The van der Waals surface area contributed by atoms with E-state index in [4.69, 9.17) is 4.74 Å². The summed E-state index contributed by atoms with van der Waals surface area (Å²) in [6.07, 6.45) is -0.844. The molecule has 1 amide bonds. The number of amides is 1. The minimum atomic E-state index is -4.41. The molecule has 0 unspecified atom stereocenters. The van der Waals surface area contributed by atoms with E-state index in [1.165, 1.54) is 24.8 Å². The van der Waals surface area contributed by atoms with Crippen molar-refractivity contribution in [3.63, 3.8) is 0 Å². The number of benzene rings is 1. The lowest BCUT2D eigenvalue weighted by atomic mass is 10.2. The SMILES string of the molecule is C[C@H](Nc1ncnc(N2C(=O)OC[C@@H]2CF)n1)c1cn(-c2ccc(C(F)(F)F)cc2)cn1. The van der Waals surface area contributed by atoms with Gasteiger partial charge in [0.1, 0.15) is 25.7 Å². The molecular weight excluding hydrogens is 434 g/mol. The van der Waals surface area contributed by atoms with Crippen LogP contribution in [0.25, 0.3) is 5.69 Å². The molecule has 1 aliphatic heterocycles. The number of nitrogens with one attached hydrogen (secondary N) is 1. The van der Waals surface area contributed by atoms with Crippen molar-refractivity contribution in [2.75, 3.05) is 23.5 Å². The van der Waals surface area contributed by atoms with Crippen LogP contribution in [0.3, 0.4) is 0 Å². The molecule has 0 spiro atoms. The van der Waals surface area contributed by atoms with Gasteiger partial charge in [-0.05, 0) is 31.2 Å². The molecule has 0 saturated carbocycles. The molecule has 2 aromatic heterocycles. The molecule has 2 atom stereocenters. The Morgan fingerprint density at radius 1 is 1.22 bits per heavy atom. The molecule has 3 aromatic rings. The van der Waals surface area contributed by atoms with Crippen LogP contribution < -0.4 is 10.2 Å². The van der Waals surface area contributed by atoms with Gasteiger partial charge in [0.05, 0.1) is 23.6 Å². The fraction of sp³-hybridized carbons (Fsp3) is 0.316. The molecule has 1 aromatic carbocycles. The summed E-state index contributed by atoms with van der Waals surface area (Å²) >= 11 is 0. The van der Waals surface area contributed by atoms with Crippen LogP contribution in [0.15, 0.2) is 43.1 Å². The fourth-order valence-corrected chi connectivity index (χ4v) is 3.09. The first-order valence-electron chi connectivity index (χ1n) is 9.45. The van der Waals surface area contributed by atoms with Crippen molar-refractivity contribution in [3.05, 3.63) is 54.4 Å². The number of carbonyl (C=O) groups excluding carboxylic acids is 1. The zero-order chi connectivity index (χ0) is 22.9. The van der Waals surface area contributed by atoms with Gasteiger partial charge in [-0.15, -0.1) is 0 Å². The number of nitrogens with zero attached hydrogens (tertiary/aromatic N) is 6. The van der Waals surface area contributed by atoms with E-state index in [-0.39, 0.29) is 18.5 Å². The average Bonchev–Trinajstić information content (AvgIpc) is 3.40. The maximum atomic E-state index is 13.1. The van der Waals surface area contributed by atoms with Gasteiger partial charge in [0.15, 0.2) is 0 Å². The quantitative estimate of drug-likeness (QED) is 0.573. The summed E-state index contributed by atoms with van der Waals surface area (Å²) in [5, 5.41) is 3.00. The minimum Gasteiger partial charge on any atom is -0.447 e. The first-order valence-corrected chi connectivity index (χ1v) is 9.45. The lowest BCUT2D eigenvalue weighted by Gasteiger charge is -2.17. The van der Waals surface area contributed by atoms with Gasteiger partial charge in [-0.25, -0.2) is 29.0 Å². The van der Waals surface area contributed by atoms with E-state index >= 15 is 0 Å². The minimum absolute atomic E-state index is 0.0462. The standard InChI is InChI=1S/C19H17F4N7O2/c1-11(15-7-29(10-26-15)13-4-2-12(3-5-13)19(21,22)23)27-16-24-9-25-17(28-16)30-14(6-20)8-32-18(30)31/h2-5,7,9-11,14H,6,8H2,1H3,(H,24,25,27,28)/t11-,14-/m0/s1. The summed E-state index contributed by atoms with van der Waals surface area (Å²) in [6, 6.07) is 3.48. The second kappa shape index (κ2) is 8.40. The lowest BCUT2D eigenvalue weighted by Crippen LogP contribution is -2.36. The van der Waals surface area contributed by atoms with Crippen LogP contribution in [0.4, 0.5) is 34.3 Å². The van der Waals surface area contributed by atoms with Crippen LogP contribution >= 0.6 is 0 Å². The Labute approximate surface area is 179 Å². The molecule has 13 heteroatoms. The van der Waals surface area contributed by atoms with Gasteiger partial charge in [-0.1, -0.05) is 0 Å². The third-order valence-corrected chi connectivity index (χ3v) is 4.80. The Balaban J connectivity index is 1.48. The van der Waals surface area contributed by atoms with E-state index < -0.39 is 36.6 Å². The number of hydrogen-bond donors (Lipinski definition) is 1. The van der Waals surface area contributed by atoms with Crippen molar-refractivity contribution >= 4 is 18.0 Å². The molecule has 9 nitrogen and oxygen atoms in total. The first kappa shape index (κ1) is 21.5. The van der Waals surface area contributed by atoms with E-state index in [0.29, 0.717) is 11.4 Å². The maximum Gasteiger partial charge on any atom is 0.417 e. The summed E-state index contributed by atoms with van der Waals surface area (Å²) in [7, 11) is 0. The van der Waals surface area contributed by atoms with Gasteiger partial charge in [0.2, 0.25) is 11.9 Å². The molecule has 32 heavy (non-hydrogen) atoms. The largest absolute Gasteiger partial charge is 0.447 e. The van der Waals surface area contributed by atoms with Crippen LogP contribution in [-0.4, -0.2) is 49.9 Å². The Kier molecular flexibility index (Phi) is 5.63. The number of rotatable bonds is 6. The van der Waals surface area contributed by atoms with E-state index in [1.54, 1.807) is 17.7 Å². The number of imidazole rings is 1. The number of aromatic nitrogens is 5. The molecule has 168 valence electrons. The molecule has 0 bridgehead atoms. The molecule has 3 heterocycles. The third kappa shape index (κ3) is 4.31. The fourth-order valence-electron chi connectivity index (χ4n) is 3.09. The topological polar surface area (TPSA) is 98.1 Å². The molecule has 1 fully saturated rings. The summed E-state index contributed by atoms with van der Waals surface area (Å²) in [5.74, 6) is 0.0824. The zero-order valence-electron chi connectivity index (χ0n) is 16.6. The van der Waals surface area contributed by atoms with Crippen molar-refractivity contribution in [2.45, 2.75) is 25.2 Å². The van der Waals surface area contributed by atoms with Crippen LogP contribution in [0.2, 0.25) is 0 Å². The zero-order valence-corrected chi connectivity index (χ0v) is 16.6. The van der Waals surface area contributed by atoms with Crippen molar-refractivity contribution in [1.82, 2.24) is 24.5 Å². The van der Waals surface area contributed by atoms with E-state index in [1.807, 2.05) is 0 Å². The predicted molar refractivity (Wildman–Crippen MR) is 104 cm³/mol. The number of halogens is 4. The van der Waals surface area contributed by atoms with Gasteiger partial charge < -0.3 is 14.6 Å². The van der Waals surface area contributed by atoms with Gasteiger partial charge >= 0.3 is 12.3 Å². The maximum absolute atomic E-state index is 13.1. The van der Waals surface area contributed by atoms with Gasteiger partial charge in [-0.3, -0.25) is 0 Å². The van der Waals surface area contributed by atoms with Gasteiger partial charge in [0, 0.05) is 11.9 Å². The van der Waals surface area contributed by atoms with Crippen molar-refractivity contribution < 1.29 is 27.1 Å². The number of alkyl halides is 4. The highest BCUT2D eigenvalue weighted by atomic mass is 19.4. The average molecular weight is 451 g/mol. The normalized spacial score (nSPS) is 17.3. The number of carbonyl (C=O) groups is 1. The monoisotopic (exact) mass is 451 g/mol. The van der Waals surface area contributed by atoms with Crippen LogP contribution in [0, 0.1) is 0 Å². The van der Waals surface area contributed by atoms with E-state index in [2.05, 4.69) is 25.3 Å². The Morgan fingerprint density at radius 2 is 1.97 bits per heavy atom. The number of ether oxygens (including phenoxy) is 1. The second-order valence-corrected chi connectivity index (χ2v) is 6.98. The van der Waals surface area contributed by atoms with Crippen molar-refractivity contribution in [3.8, 4) is 5.69 Å². The number of hydrogen-bond acceptors (Lipinski definition) is 7. The highest BCUT2D eigenvalue weighted by Gasteiger charge is 2.36. The van der Waals surface area contributed by atoms with Crippen LogP contribution in [0.1, 0.15) is 24.2 Å². The Hall–Kier alpha value is -3.77. The molecular formula is C19H17F4N7O2. The predicted octanol–water partition coefficient (Wildman–Crippen LogP) is 3.54. The summed E-state index contributed by atoms with van der Waals surface area (Å²) in [4.78, 5) is 29.2. The van der Waals surface area contributed by atoms with Gasteiger partial charge in [0.25, 0.3) is 0 Å².